The molecule has 2 saturated heterocycles. The Labute approximate surface area is 138 Å². The van der Waals surface area contributed by atoms with Gasteiger partial charge in [0.1, 0.15) is 0 Å². The fraction of sp³-hybridized carbons (Fsp3) is 0.611. The van der Waals surface area contributed by atoms with Crippen LogP contribution in [0.4, 0.5) is 4.79 Å². The first-order chi connectivity index (χ1) is 11.2. The van der Waals surface area contributed by atoms with E-state index < -0.39 is 0 Å². The summed E-state index contributed by atoms with van der Waals surface area (Å²) in [5.41, 5.74) is 1.36. The monoisotopic (exact) mass is 317 g/mol. The highest BCUT2D eigenvalue weighted by Gasteiger charge is 2.27. The number of carbonyl (C=O) groups is 1. The van der Waals surface area contributed by atoms with E-state index in [0.717, 1.165) is 32.5 Å². The van der Waals surface area contributed by atoms with E-state index in [1.54, 1.807) is 0 Å². The van der Waals surface area contributed by atoms with Gasteiger partial charge < -0.3 is 15.0 Å². The van der Waals surface area contributed by atoms with E-state index in [0.29, 0.717) is 25.8 Å². The highest BCUT2D eigenvalue weighted by molar-refractivity contribution is 5.75. The number of likely N-dealkylation sites (tertiary alicyclic amines) is 1. The van der Waals surface area contributed by atoms with Crippen molar-refractivity contribution in [3.63, 3.8) is 0 Å². The summed E-state index contributed by atoms with van der Waals surface area (Å²) in [6.07, 6.45) is 2.05. The van der Waals surface area contributed by atoms with Crippen LogP contribution in [0.1, 0.15) is 25.3 Å². The van der Waals surface area contributed by atoms with Crippen LogP contribution in [0.25, 0.3) is 0 Å². The zero-order valence-electron chi connectivity index (χ0n) is 13.9. The molecule has 1 N–H and O–H groups in total. The molecule has 0 saturated carbocycles. The molecule has 0 radical (unpaired) electrons. The summed E-state index contributed by atoms with van der Waals surface area (Å²) in [7, 11) is 0. The van der Waals surface area contributed by atoms with Gasteiger partial charge in [0.2, 0.25) is 0 Å². The molecule has 2 heterocycles. The van der Waals surface area contributed by atoms with Gasteiger partial charge in [-0.05, 0) is 25.3 Å². The van der Waals surface area contributed by atoms with Crippen molar-refractivity contribution in [3.8, 4) is 0 Å². The average molecular weight is 317 g/mol. The normalized spacial score (nSPS) is 23.7. The van der Waals surface area contributed by atoms with E-state index in [2.05, 4.69) is 40.5 Å². The average Bonchev–Trinajstić information content (AvgIpc) is 2.58. The Morgan fingerprint density at radius 2 is 1.96 bits per heavy atom. The Morgan fingerprint density at radius 3 is 2.65 bits per heavy atom. The van der Waals surface area contributed by atoms with Crippen molar-refractivity contribution in [3.05, 3.63) is 35.9 Å². The van der Waals surface area contributed by atoms with Gasteiger partial charge in [-0.15, -0.1) is 0 Å². The van der Waals surface area contributed by atoms with Crippen molar-refractivity contribution in [1.82, 2.24) is 15.1 Å². The minimum Gasteiger partial charge on any atom is -0.377 e. The number of piperidine rings is 1. The molecule has 126 valence electrons. The van der Waals surface area contributed by atoms with E-state index in [1.165, 1.54) is 5.56 Å². The Morgan fingerprint density at radius 1 is 1.22 bits per heavy atom. The third-order valence-corrected chi connectivity index (χ3v) is 4.79. The molecule has 5 nitrogen and oxygen atoms in total. The number of nitrogens with one attached hydrogen (secondary N) is 1. The molecule has 0 aromatic heterocycles. The predicted molar refractivity (Wildman–Crippen MR) is 90.3 cm³/mol. The minimum absolute atomic E-state index is 0.0716. The minimum atomic E-state index is 0.0716. The number of ether oxygens (including phenoxy) is 1. The number of amides is 2. The molecule has 0 spiro atoms. The number of nitrogens with zero attached hydrogens (tertiary/aromatic N) is 2. The molecule has 2 aliphatic heterocycles. The second kappa shape index (κ2) is 7.79. The first-order valence-electron chi connectivity index (χ1n) is 8.63. The zero-order chi connectivity index (χ0) is 16.1. The van der Waals surface area contributed by atoms with Crippen LogP contribution in [-0.2, 0) is 11.3 Å². The van der Waals surface area contributed by atoms with Crippen molar-refractivity contribution in [2.45, 2.75) is 38.4 Å². The largest absolute Gasteiger partial charge is 0.377 e. The first kappa shape index (κ1) is 16.3. The molecule has 1 unspecified atom stereocenters. The third-order valence-electron chi connectivity index (χ3n) is 4.79. The summed E-state index contributed by atoms with van der Waals surface area (Å²) >= 11 is 0. The van der Waals surface area contributed by atoms with Gasteiger partial charge >= 0.3 is 6.03 Å². The fourth-order valence-corrected chi connectivity index (χ4v) is 3.36. The van der Waals surface area contributed by atoms with Crippen molar-refractivity contribution >= 4 is 6.03 Å². The van der Waals surface area contributed by atoms with Gasteiger partial charge in [-0.1, -0.05) is 30.3 Å². The standard InChI is InChI=1S/C18H27N3O2/c1-15-14-23-12-11-21(15)18(22)19-17-7-9-20(10-8-17)13-16-5-3-2-4-6-16/h2-6,15,17H,7-14H2,1H3,(H,19,22). The van der Waals surface area contributed by atoms with Gasteiger partial charge in [-0.25, -0.2) is 4.79 Å². The van der Waals surface area contributed by atoms with Crippen molar-refractivity contribution in [2.75, 3.05) is 32.8 Å². The molecular weight excluding hydrogens is 290 g/mol. The summed E-state index contributed by atoms with van der Waals surface area (Å²) in [6.45, 7) is 7.11. The van der Waals surface area contributed by atoms with E-state index in [4.69, 9.17) is 4.74 Å². The van der Waals surface area contributed by atoms with Crippen LogP contribution in [-0.4, -0.2) is 60.8 Å². The Bertz CT molecular complexity index is 500. The van der Waals surface area contributed by atoms with Crippen LogP contribution in [0.2, 0.25) is 0 Å². The topological polar surface area (TPSA) is 44.8 Å². The summed E-state index contributed by atoms with van der Waals surface area (Å²) in [6, 6.07) is 11.1. The maximum absolute atomic E-state index is 12.4. The van der Waals surface area contributed by atoms with Gasteiger partial charge in [0.25, 0.3) is 0 Å². The lowest BCUT2D eigenvalue weighted by Crippen LogP contribution is -2.54. The van der Waals surface area contributed by atoms with Crippen molar-refractivity contribution < 1.29 is 9.53 Å². The number of hydrogen-bond donors (Lipinski definition) is 1. The van der Waals surface area contributed by atoms with Crippen LogP contribution < -0.4 is 5.32 Å². The number of hydrogen-bond acceptors (Lipinski definition) is 3. The summed E-state index contributed by atoms with van der Waals surface area (Å²) in [4.78, 5) is 16.8. The lowest BCUT2D eigenvalue weighted by molar-refractivity contribution is 0.0178. The van der Waals surface area contributed by atoms with Crippen LogP contribution in [0.3, 0.4) is 0 Å². The van der Waals surface area contributed by atoms with Gasteiger partial charge in [-0.3, -0.25) is 4.90 Å². The molecule has 1 aromatic carbocycles. The van der Waals surface area contributed by atoms with Crippen molar-refractivity contribution in [2.24, 2.45) is 0 Å². The lowest BCUT2D eigenvalue weighted by Gasteiger charge is -2.37. The van der Waals surface area contributed by atoms with Gasteiger partial charge in [0, 0.05) is 32.2 Å². The molecule has 23 heavy (non-hydrogen) atoms. The molecule has 2 aliphatic rings. The number of carbonyl (C=O) groups excluding carboxylic acids is 1. The van der Waals surface area contributed by atoms with Gasteiger partial charge in [0.15, 0.2) is 0 Å². The second-order valence-corrected chi connectivity index (χ2v) is 6.60. The number of rotatable bonds is 3. The summed E-state index contributed by atoms with van der Waals surface area (Å²) < 4.78 is 5.39. The molecule has 5 heteroatoms. The Hall–Kier alpha value is -1.59. The zero-order valence-corrected chi connectivity index (χ0v) is 13.9. The van der Waals surface area contributed by atoms with E-state index in [-0.39, 0.29) is 12.1 Å². The van der Waals surface area contributed by atoms with Crippen LogP contribution in [0.5, 0.6) is 0 Å². The molecule has 2 fully saturated rings. The molecule has 0 bridgehead atoms. The van der Waals surface area contributed by atoms with Gasteiger partial charge in [0.05, 0.1) is 19.3 Å². The van der Waals surface area contributed by atoms with Gasteiger partial charge in [-0.2, -0.15) is 0 Å². The van der Waals surface area contributed by atoms with E-state index >= 15 is 0 Å². The lowest BCUT2D eigenvalue weighted by atomic mass is 10.0. The fourth-order valence-electron chi connectivity index (χ4n) is 3.36. The molecule has 3 rings (SSSR count). The maximum atomic E-state index is 12.4. The maximum Gasteiger partial charge on any atom is 0.318 e. The second-order valence-electron chi connectivity index (χ2n) is 6.60. The Kier molecular flexibility index (Phi) is 5.51. The molecule has 1 atom stereocenters. The van der Waals surface area contributed by atoms with Crippen molar-refractivity contribution in [1.29, 1.82) is 0 Å². The Balaban J connectivity index is 1.43. The number of morpholine rings is 1. The summed E-state index contributed by atoms with van der Waals surface area (Å²) in [5, 5.41) is 3.21. The number of benzene rings is 1. The summed E-state index contributed by atoms with van der Waals surface area (Å²) in [5.74, 6) is 0. The molecule has 2 amide bonds. The molecular formula is C18H27N3O2. The SMILES string of the molecule is CC1COCCN1C(=O)NC1CCN(Cc2ccccc2)CC1. The first-order valence-corrected chi connectivity index (χ1v) is 8.63. The van der Waals surface area contributed by atoms with Crippen LogP contribution in [0, 0.1) is 0 Å². The smallest absolute Gasteiger partial charge is 0.318 e. The highest BCUT2D eigenvalue weighted by atomic mass is 16.5. The quantitative estimate of drug-likeness (QED) is 0.928. The predicted octanol–water partition coefficient (Wildman–Crippen LogP) is 2.08. The highest BCUT2D eigenvalue weighted by Crippen LogP contribution is 2.15. The number of urea groups is 1. The van der Waals surface area contributed by atoms with Crippen LogP contribution in [0.15, 0.2) is 30.3 Å². The van der Waals surface area contributed by atoms with E-state index in [9.17, 15) is 4.79 Å². The van der Waals surface area contributed by atoms with E-state index in [1.807, 2.05) is 11.8 Å². The third kappa shape index (κ3) is 4.45. The van der Waals surface area contributed by atoms with Crippen LogP contribution >= 0.6 is 0 Å². The molecule has 1 aromatic rings. The molecule has 0 aliphatic carbocycles.